The van der Waals surface area contributed by atoms with Crippen molar-refractivity contribution in [1.29, 1.82) is 0 Å². The van der Waals surface area contributed by atoms with Crippen LogP contribution in [0.15, 0.2) is 0 Å². The van der Waals surface area contributed by atoms with Gasteiger partial charge in [-0.1, -0.05) is 13.8 Å². The zero-order chi connectivity index (χ0) is 7.19. The third-order valence-corrected chi connectivity index (χ3v) is 4.25. The van der Waals surface area contributed by atoms with Gasteiger partial charge in [0, 0.05) is 10.7 Å². The van der Waals surface area contributed by atoms with Gasteiger partial charge >= 0.3 is 0 Å². The summed E-state index contributed by atoms with van der Waals surface area (Å²) in [6, 6.07) is 0. The summed E-state index contributed by atoms with van der Waals surface area (Å²) in [5.74, 6) is 1.30. The molecular weight excluding hydrogens is 144 g/mol. The molecule has 2 saturated heterocycles. The standard InChI is InChI=1S/C8H14OS/c1-8(2)5-9-6-3-4-10-7(6)8/h6-7H,3-5H2,1-2H3. The van der Waals surface area contributed by atoms with Crippen molar-refractivity contribution in [2.24, 2.45) is 5.41 Å². The van der Waals surface area contributed by atoms with Crippen LogP contribution in [0.1, 0.15) is 20.3 Å². The first kappa shape index (κ1) is 6.99. The molecule has 0 N–H and O–H groups in total. The predicted molar refractivity (Wildman–Crippen MR) is 44.4 cm³/mol. The molecule has 10 heavy (non-hydrogen) atoms. The maximum absolute atomic E-state index is 5.67. The second-order valence-corrected chi connectivity index (χ2v) is 5.17. The van der Waals surface area contributed by atoms with E-state index in [1.807, 2.05) is 0 Å². The highest BCUT2D eigenvalue weighted by atomic mass is 32.2. The lowest BCUT2D eigenvalue weighted by Crippen LogP contribution is -2.25. The maximum atomic E-state index is 5.67. The lowest BCUT2D eigenvalue weighted by Gasteiger charge is -2.21. The Morgan fingerprint density at radius 1 is 1.50 bits per heavy atom. The molecule has 2 fully saturated rings. The molecule has 2 atom stereocenters. The first-order chi connectivity index (χ1) is 4.70. The van der Waals surface area contributed by atoms with Crippen LogP contribution in [0.2, 0.25) is 0 Å². The minimum Gasteiger partial charge on any atom is -0.376 e. The smallest absolute Gasteiger partial charge is 0.0707 e. The molecule has 1 nitrogen and oxygen atoms in total. The Morgan fingerprint density at radius 2 is 2.30 bits per heavy atom. The molecule has 0 aliphatic carbocycles. The quantitative estimate of drug-likeness (QED) is 0.532. The molecule has 2 aliphatic rings. The maximum Gasteiger partial charge on any atom is 0.0707 e. The average molecular weight is 158 g/mol. The van der Waals surface area contributed by atoms with Gasteiger partial charge in [0.05, 0.1) is 12.7 Å². The van der Waals surface area contributed by atoms with Crippen LogP contribution >= 0.6 is 11.8 Å². The van der Waals surface area contributed by atoms with Crippen molar-refractivity contribution in [2.75, 3.05) is 12.4 Å². The zero-order valence-corrected chi connectivity index (χ0v) is 7.41. The van der Waals surface area contributed by atoms with Gasteiger partial charge in [0.2, 0.25) is 0 Å². The van der Waals surface area contributed by atoms with E-state index >= 15 is 0 Å². The van der Waals surface area contributed by atoms with Crippen LogP contribution < -0.4 is 0 Å². The molecule has 0 aromatic heterocycles. The predicted octanol–water partition coefficient (Wildman–Crippen LogP) is 1.92. The third kappa shape index (κ3) is 0.892. The lowest BCUT2D eigenvalue weighted by atomic mass is 9.89. The van der Waals surface area contributed by atoms with E-state index in [0.29, 0.717) is 11.5 Å². The van der Waals surface area contributed by atoms with Gasteiger partial charge in [-0.15, -0.1) is 0 Å². The van der Waals surface area contributed by atoms with Crippen LogP contribution in [0.5, 0.6) is 0 Å². The molecule has 2 rings (SSSR count). The number of ether oxygens (including phenoxy) is 1. The monoisotopic (exact) mass is 158 g/mol. The highest BCUT2D eigenvalue weighted by molar-refractivity contribution is 8.00. The van der Waals surface area contributed by atoms with E-state index in [-0.39, 0.29) is 0 Å². The Hall–Kier alpha value is 0.310. The van der Waals surface area contributed by atoms with Crippen molar-refractivity contribution in [3.05, 3.63) is 0 Å². The Balaban J connectivity index is 2.16. The van der Waals surface area contributed by atoms with Gasteiger partial charge in [-0.3, -0.25) is 0 Å². The summed E-state index contributed by atoms with van der Waals surface area (Å²) in [5, 5.41) is 0.785. The van der Waals surface area contributed by atoms with Gasteiger partial charge in [-0.25, -0.2) is 0 Å². The summed E-state index contributed by atoms with van der Waals surface area (Å²) in [4.78, 5) is 0. The fraction of sp³-hybridized carbons (Fsp3) is 1.00. The summed E-state index contributed by atoms with van der Waals surface area (Å²) in [6.45, 7) is 5.60. The van der Waals surface area contributed by atoms with Crippen LogP contribution in [0, 0.1) is 5.41 Å². The van der Waals surface area contributed by atoms with Gasteiger partial charge in [0.15, 0.2) is 0 Å². The molecule has 2 heteroatoms. The summed E-state index contributed by atoms with van der Waals surface area (Å²) in [6.07, 6.45) is 1.86. The van der Waals surface area contributed by atoms with Crippen LogP contribution in [0.3, 0.4) is 0 Å². The Bertz CT molecular complexity index is 144. The molecule has 0 aromatic carbocycles. The van der Waals surface area contributed by atoms with E-state index in [2.05, 4.69) is 25.6 Å². The van der Waals surface area contributed by atoms with Crippen LogP contribution in [-0.4, -0.2) is 23.7 Å². The number of rotatable bonds is 0. The second-order valence-electron chi connectivity index (χ2n) is 3.92. The highest BCUT2D eigenvalue weighted by Crippen LogP contribution is 2.46. The molecule has 0 radical (unpaired) electrons. The Labute approximate surface area is 66.5 Å². The number of hydrogen-bond donors (Lipinski definition) is 0. The summed E-state index contributed by atoms with van der Waals surface area (Å²) < 4.78 is 5.67. The van der Waals surface area contributed by atoms with E-state index in [4.69, 9.17) is 4.74 Å². The van der Waals surface area contributed by atoms with Crippen molar-refractivity contribution in [2.45, 2.75) is 31.6 Å². The minimum atomic E-state index is 0.436. The number of hydrogen-bond acceptors (Lipinski definition) is 2. The van der Waals surface area contributed by atoms with Crippen molar-refractivity contribution < 1.29 is 4.74 Å². The van der Waals surface area contributed by atoms with Crippen LogP contribution in [-0.2, 0) is 4.74 Å². The molecule has 0 saturated carbocycles. The molecule has 0 aromatic rings. The number of thioether (sulfide) groups is 1. The SMILES string of the molecule is CC1(C)COC2CCSC21. The van der Waals surface area contributed by atoms with Crippen molar-refractivity contribution in [1.82, 2.24) is 0 Å². The molecule has 2 unspecified atom stereocenters. The van der Waals surface area contributed by atoms with E-state index in [0.717, 1.165) is 11.9 Å². The van der Waals surface area contributed by atoms with E-state index < -0.39 is 0 Å². The van der Waals surface area contributed by atoms with E-state index in [1.54, 1.807) is 0 Å². The minimum absolute atomic E-state index is 0.436. The third-order valence-electron chi connectivity index (χ3n) is 2.48. The van der Waals surface area contributed by atoms with Crippen molar-refractivity contribution in [3.63, 3.8) is 0 Å². The molecule has 2 aliphatic heterocycles. The number of fused-ring (bicyclic) bond motifs is 1. The molecule has 58 valence electrons. The van der Waals surface area contributed by atoms with Gasteiger partial charge in [0.25, 0.3) is 0 Å². The van der Waals surface area contributed by atoms with E-state index in [9.17, 15) is 0 Å². The van der Waals surface area contributed by atoms with E-state index in [1.165, 1.54) is 12.2 Å². The normalized spacial score (nSPS) is 43.8. The molecule has 0 bridgehead atoms. The fourth-order valence-electron chi connectivity index (χ4n) is 1.87. The summed E-state index contributed by atoms with van der Waals surface area (Å²) >= 11 is 2.09. The van der Waals surface area contributed by atoms with Crippen molar-refractivity contribution >= 4 is 11.8 Å². The van der Waals surface area contributed by atoms with Gasteiger partial charge in [-0.05, 0) is 12.2 Å². The van der Waals surface area contributed by atoms with Gasteiger partial charge < -0.3 is 4.74 Å². The largest absolute Gasteiger partial charge is 0.376 e. The van der Waals surface area contributed by atoms with Gasteiger partial charge in [-0.2, -0.15) is 11.8 Å². The zero-order valence-electron chi connectivity index (χ0n) is 6.59. The van der Waals surface area contributed by atoms with Crippen LogP contribution in [0.4, 0.5) is 0 Å². The topological polar surface area (TPSA) is 9.23 Å². The summed E-state index contributed by atoms with van der Waals surface area (Å²) in [7, 11) is 0. The fourth-order valence-corrected chi connectivity index (χ4v) is 3.44. The summed E-state index contributed by atoms with van der Waals surface area (Å²) in [5.41, 5.74) is 0.436. The Kier molecular flexibility index (Phi) is 1.50. The first-order valence-corrected chi connectivity index (χ1v) is 4.98. The van der Waals surface area contributed by atoms with Crippen LogP contribution in [0.25, 0.3) is 0 Å². The second kappa shape index (κ2) is 2.15. The molecule has 2 heterocycles. The van der Waals surface area contributed by atoms with Crippen molar-refractivity contribution in [3.8, 4) is 0 Å². The lowest BCUT2D eigenvalue weighted by molar-refractivity contribution is 0.101. The average Bonchev–Trinajstić information content (AvgIpc) is 2.36. The molecule has 0 spiro atoms. The van der Waals surface area contributed by atoms with Gasteiger partial charge in [0.1, 0.15) is 0 Å². The Morgan fingerprint density at radius 3 is 3.00 bits per heavy atom. The molecular formula is C8H14OS. The highest BCUT2D eigenvalue weighted by Gasteiger charge is 2.46. The first-order valence-electron chi connectivity index (χ1n) is 3.93. The molecule has 0 amide bonds.